The minimum Gasteiger partial charge on any atom is -0.362 e. The van der Waals surface area contributed by atoms with Crippen molar-refractivity contribution in [3.63, 3.8) is 0 Å². The third-order valence-corrected chi connectivity index (χ3v) is 3.25. The smallest absolute Gasteiger partial charge is 0.277 e. The second kappa shape index (κ2) is 7.05. The maximum absolute atomic E-state index is 13.2. The third-order valence-electron chi connectivity index (χ3n) is 3.25. The van der Waals surface area contributed by atoms with Gasteiger partial charge in [0.05, 0.1) is 6.54 Å². The molecule has 1 N–H and O–H groups in total. The number of amides is 1. The molecule has 3 rings (SSSR count). The fraction of sp³-hybridized carbons (Fsp3) is 0.188. The molecule has 0 saturated carbocycles. The van der Waals surface area contributed by atoms with Gasteiger partial charge >= 0.3 is 0 Å². The van der Waals surface area contributed by atoms with Gasteiger partial charge in [0.25, 0.3) is 5.91 Å². The molecule has 1 aromatic carbocycles. The number of benzene rings is 1. The van der Waals surface area contributed by atoms with E-state index in [1.54, 1.807) is 42.4 Å². The van der Waals surface area contributed by atoms with Crippen LogP contribution in [0.15, 0.2) is 48.8 Å². The van der Waals surface area contributed by atoms with Crippen molar-refractivity contribution in [2.75, 3.05) is 12.4 Å². The normalized spacial score (nSPS) is 10.8. The highest BCUT2D eigenvalue weighted by atomic mass is 19.1. The van der Waals surface area contributed by atoms with E-state index in [4.69, 9.17) is 4.74 Å². The maximum Gasteiger partial charge on any atom is 0.277 e. The Morgan fingerprint density at radius 1 is 1.21 bits per heavy atom. The quantitative estimate of drug-likeness (QED) is 0.752. The zero-order valence-electron chi connectivity index (χ0n) is 13.0. The topological polar surface area (TPSA) is 74.0 Å². The Kier molecular flexibility index (Phi) is 4.66. The highest BCUT2D eigenvalue weighted by Crippen LogP contribution is 2.09. The van der Waals surface area contributed by atoms with E-state index in [2.05, 4.69) is 15.5 Å². The second-order valence-electron chi connectivity index (χ2n) is 5.14. The number of nitrogens with one attached hydrogen (secondary N) is 1. The van der Waals surface area contributed by atoms with Crippen LogP contribution in [-0.4, -0.2) is 32.6 Å². The molecule has 1 amide bonds. The molecule has 0 bridgehead atoms. The summed E-state index contributed by atoms with van der Waals surface area (Å²) in [5.74, 6) is -0.251. The van der Waals surface area contributed by atoms with E-state index in [0.29, 0.717) is 12.4 Å². The molecule has 124 valence electrons. The van der Waals surface area contributed by atoms with Gasteiger partial charge in [0.1, 0.15) is 12.5 Å². The van der Waals surface area contributed by atoms with E-state index < -0.39 is 0 Å². The molecule has 0 saturated heterocycles. The van der Waals surface area contributed by atoms with Crippen molar-refractivity contribution >= 4 is 11.7 Å². The first-order valence-electron chi connectivity index (χ1n) is 7.26. The Morgan fingerprint density at radius 3 is 2.83 bits per heavy atom. The van der Waals surface area contributed by atoms with Gasteiger partial charge in [0.15, 0.2) is 11.5 Å². The average Bonchev–Trinajstić information content (AvgIpc) is 3.17. The summed E-state index contributed by atoms with van der Waals surface area (Å²) in [7, 11) is 1.55. The molecule has 0 aliphatic carbocycles. The predicted molar refractivity (Wildman–Crippen MR) is 84.9 cm³/mol. The largest absolute Gasteiger partial charge is 0.362 e. The number of carbonyl (C=O) groups is 1. The lowest BCUT2D eigenvalue weighted by molar-refractivity contribution is 0.101. The van der Waals surface area contributed by atoms with Crippen LogP contribution in [0.25, 0.3) is 0 Å². The monoisotopic (exact) mass is 329 g/mol. The standard InChI is InChI=1S/C16H16FN5O2/c1-24-11-22-7-5-14(19-22)16(23)18-15-6-8-21(20-15)10-12-3-2-4-13(17)9-12/h2-9H,10-11H2,1H3,(H,18,20,23). The van der Waals surface area contributed by atoms with Crippen molar-refractivity contribution in [3.8, 4) is 0 Å². The fourth-order valence-corrected chi connectivity index (χ4v) is 2.21. The molecule has 7 nitrogen and oxygen atoms in total. The molecule has 2 aromatic heterocycles. The number of methoxy groups -OCH3 is 1. The molecule has 0 atom stereocenters. The molecule has 0 fully saturated rings. The number of rotatable bonds is 6. The van der Waals surface area contributed by atoms with Crippen molar-refractivity contribution in [1.29, 1.82) is 0 Å². The van der Waals surface area contributed by atoms with Crippen molar-refractivity contribution in [3.05, 3.63) is 65.9 Å². The van der Waals surface area contributed by atoms with Gasteiger partial charge < -0.3 is 10.1 Å². The van der Waals surface area contributed by atoms with Crippen LogP contribution in [0.5, 0.6) is 0 Å². The summed E-state index contributed by atoms with van der Waals surface area (Å²) < 4.78 is 21.3. The highest BCUT2D eigenvalue weighted by molar-refractivity contribution is 6.02. The van der Waals surface area contributed by atoms with Crippen molar-refractivity contribution in [2.45, 2.75) is 13.3 Å². The number of aromatic nitrogens is 4. The summed E-state index contributed by atoms with van der Waals surface area (Å²) in [4.78, 5) is 12.1. The molecule has 0 aliphatic heterocycles. The van der Waals surface area contributed by atoms with Gasteiger partial charge in [-0.1, -0.05) is 12.1 Å². The Morgan fingerprint density at radius 2 is 2.04 bits per heavy atom. The number of anilines is 1. The first kappa shape index (κ1) is 15.9. The van der Waals surface area contributed by atoms with Crippen molar-refractivity contribution in [2.24, 2.45) is 0 Å². The summed E-state index contributed by atoms with van der Waals surface area (Å²) in [6.07, 6.45) is 3.37. The number of nitrogens with zero attached hydrogens (tertiary/aromatic N) is 4. The van der Waals surface area contributed by atoms with Gasteiger partial charge in [0.2, 0.25) is 0 Å². The minimum atomic E-state index is -0.360. The lowest BCUT2D eigenvalue weighted by Crippen LogP contribution is -2.14. The van der Waals surface area contributed by atoms with Gasteiger partial charge in [0, 0.05) is 25.6 Å². The molecule has 24 heavy (non-hydrogen) atoms. The van der Waals surface area contributed by atoms with Crippen LogP contribution in [0, 0.1) is 5.82 Å². The number of halogens is 1. The first-order valence-corrected chi connectivity index (χ1v) is 7.26. The molecule has 0 unspecified atom stereocenters. The summed E-state index contributed by atoms with van der Waals surface area (Å²) in [6.45, 7) is 0.686. The average molecular weight is 329 g/mol. The van der Waals surface area contributed by atoms with Crippen molar-refractivity contribution < 1.29 is 13.9 Å². The van der Waals surface area contributed by atoms with Gasteiger partial charge in [-0.25, -0.2) is 9.07 Å². The van der Waals surface area contributed by atoms with Crippen LogP contribution in [0.4, 0.5) is 10.2 Å². The van der Waals surface area contributed by atoms with Crippen LogP contribution >= 0.6 is 0 Å². The lowest BCUT2D eigenvalue weighted by Gasteiger charge is -2.02. The summed E-state index contributed by atoms with van der Waals surface area (Å²) in [6, 6.07) is 9.56. The highest BCUT2D eigenvalue weighted by Gasteiger charge is 2.11. The minimum absolute atomic E-state index is 0.270. The van der Waals surface area contributed by atoms with E-state index in [9.17, 15) is 9.18 Å². The molecule has 0 spiro atoms. The third kappa shape index (κ3) is 3.85. The number of hydrogen-bond donors (Lipinski definition) is 1. The van der Waals surface area contributed by atoms with Crippen molar-refractivity contribution in [1.82, 2.24) is 19.6 Å². The summed E-state index contributed by atoms with van der Waals surface area (Å²) in [5.41, 5.74) is 1.06. The van der Waals surface area contributed by atoms with E-state index in [1.165, 1.54) is 16.8 Å². The molecule has 8 heteroatoms. The van der Waals surface area contributed by atoms with Gasteiger partial charge in [-0.15, -0.1) is 0 Å². The lowest BCUT2D eigenvalue weighted by atomic mass is 10.2. The Labute approximate surface area is 137 Å². The maximum atomic E-state index is 13.2. The van der Waals surface area contributed by atoms with Crippen LogP contribution in [0.3, 0.4) is 0 Å². The molecule has 2 heterocycles. The van der Waals surface area contributed by atoms with Gasteiger partial charge in [-0.05, 0) is 23.8 Å². The van der Waals surface area contributed by atoms with Crippen LogP contribution in [0.2, 0.25) is 0 Å². The Balaban J connectivity index is 1.63. The molecular weight excluding hydrogens is 313 g/mol. The fourth-order valence-electron chi connectivity index (χ4n) is 2.21. The van der Waals surface area contributed by atoms with Crippen LogP contribution in [-0.2, 0) is 18.0 Å². The Hall–Kier alpha value is -3.00. The van der Waals surface area contributed by atoms with Gasteiger partial charge in [-0.3, -0.25) is 9.48 Å². The first-order chi connectivity index (χ1) is 11.6. The van der Waals surface area contributed by atoms with Crippen LogP contribution < -0.4 is 5.32 Å². The van der Waals surface area contributed by atoms with E-state index in [-0.39, 0.29) is 24.1 Å². The molecule has 0 aliphatic rings. The van der Waals surface area contributed by atoms with Gasteiger partial charge in [-0.2, -0.15) is 10.2 Å². The van der Waals surface area contributed by atoms with E-state index in [0.717, 1.165) is 5.56 Å². The number of hydrogen-bond acceptors (Lipinski definition) is 4. The molecular formula is C16H16FN5O2. The summed E-state index contributed by atoms with van der Waals surface area (Å²) >= 11 is 0. The van der Waals surface area contributed by atoms with E-state index in [1.807, 2.05) is 6.07 Å². The predicted octanol–water partition coefficient (Wildman–Crippen LogP) is 2.12. The zero-order valence-corrected chi connectivity index (χ0v) is 13.0. The van der Waals surface area contributed by atoms with E-state index >= 15 is 0 Å². The molecule has 0 radical (unpaired) electrons. The van der Waals surface area contributed by atoms with Crippen LogP contribution in [0.1, 0.15) is 16.1 Å². The number of ether oxygens (including phenoxy) is 1. The Bertz CT molecular complexity index is 842. The SMILES string of the molecule is COCn1ccc(C(=O)Nc2ccn(Cc3cccc(F)c3)n2)n1. The summed E-state index contributed by atoms with van der Waals surface area (Å²) in [5, 5.41) is 11.0. The zero-order chi connectivity index (χ0) is 16.9. The molecule has 3 aromatic rings. The number of carbonyl (C=O) groups excluding carboxylic acids is 1. The second-order valence-corrected chi connectivity index (χ2v) is 5.14.